The number of rotatable bonds is 4. The van der Waals surface area contributed by atoms with Crippen molar-refractivity contribution < 1.29 is 0 Å². The molecule has 0 unspecified atom stereocenters. The van der Waals surface area contributed by atoms with E-state index < -0.39 is 0 Å². The molecule has 0 radical (unpaired) electrons. The van der Waals surface area contributed by atoms with E-state index in [2.05, 4.69) is 108 Å². The maximum atomic E-state index is 3.88. The van der Waals surface area contributed by atoms with Gasteiger partial charge in [0.25, 0.3) is 0 Å². The molecule has 1 nitrogen and oxygen atoms in total. The van der Waals surface area contributed by atoms with Crippen molar-refractivity contribution in [3.8, 4) is 11.1 Å². The number of nitrogens with one attached hydrogen (secondary N) is 1. The lowest BCUT2D eigenvalue weighted by Crippen LogP contribution is -2.29. The van der Waals surface area contributed by atoms with Crippen LogP contribution in [0.1, 0.15) is 54.4 Å². The fraction of sp³-hybridized carbons (Fsp3) is 0.226. The van der Waals surface area contributed by atoms with E-state index in [1.807, 2.05) is 0 Å². The summed E-state index contributed by atoms with van der Waals surface area (Å²) < 4.78 is 0. The van der Waals surface area contributed by atoms with Crippen LogP contribution in [0.4, 0.5) is 5.69 Å². The predicted molar refractivity (Wildman–Crippen MR) is 134 cm³/mol. The molecule has 0 spiro atoms. The molecule has 2 aliphatic rings. The monoisotopic (exact) mass is 415 g/mol. The molecule has 0 heterocycles. The van der Waals surface area contributed by atoms with Crippen molar-refractivity contribution in [2.24, 2.45) is 0 Å². The summed E-state index contributed by atoms with van der Waals surface area (Å²) in [6, 6.07) is 38.7. The maximum Gasteiger partial charge on any atom is 0.0714 e. The summed E-state index contributed by atoms with van der Waals surface area (Å²) >= 11 is 0. The summed E-state index contributed by atoms with van der Waals surface area (Å²) in [5.41, 5.74) is 9.05. The molecule has 2 aliphatic carbocycles. The first-order valence-corrected chi connectivity index (χ1v) is 12.0. The highest BCUT2D eigenvalue weighted by molar-refractivity contribution is 5.87. The summed E-state index contributed by atoms with van der Waals surface area (Å²) in [6.45, 7) is 0. The van der Waals surface area contributed by atoms with Crippen LogP contribution in [0.5, 0.6) is 0 Å². The molecule has 0 aliphatic heterocycles. The summed E-state index contributed by atoms with van der Waals surface area (Å²) in [4.78, 5) is 0. The number of hydrogen-bond donors (Lipinski definition) is 1. The van der Waals surface area contributed by atoms with Crippen molar-refractivity contribution in [2.75, 3.05) is 5.32 Å². The quantitative estimate of drug-likeness (QED) is 0.316. The first-order chi connectivity index (χ1) is 15.9. The molecular weight excluding hydrogens is 386 g/mol. The highest BCUT2D eigenvalue weighted by Crippen LogP contribution is 2.56. The second-order valence-corrected chi connectivity index (χ2v) is 9.27. The van der Waals surface area contributed by atoms with E-state index in [9.17, 15) is 0 Å². The Morgan fingerprint density at radius 1 is 0.562 bits per heavy atom. The van der Waals surface area contributed by atoms with Gasteiger partial charge in [-0.25, -0.2) is 0 Å². The topological polar surface area (TPSA) is 12.0 Å². The summed E-state index contributed by atoms with van der Waals surface area (Å²) in [7, 11) is 0. The van der Waals surface area contributed by atoms with Crippen LogP contribution in [-0.2, 0) is 5.41 Å². The van der Waals surface area contributed by atoms with Crippen LogP contribution in [0.25, 0.3) is 11.1 Å². The van der Waals surface area contributed by atoms with E-state index >= 15 is 0 Å². The highest BCUT2D eigenvalue weighted by Gasteiger charge is 2.46. The van der Waals surface area contributed by atoms with E-state index in [0.29, 0.717) is 6.04 Å². The van der Waals surface area contributed by atoms with E-state index in [1.165, 1.54) is 71.2 Å². The van der Waals surface area contributed by atoms with Crippen LogP contribution in [0.2, 0.25) is 0 Å². The third-order valence-electron chi connectivity index (χ3n) is 7.43. The Bertz CT molecular complexity index is 1180. The van der Waals surface area contributed by atoms with Gasteiger partial charge in [-0.2, -0.15) is 0 Å². The minimum absolute atomic E-state index is 0.307. The lowest BCUT2D eigenvalue weighted by Gasteiger charge is -2.34. The van der Waals surface area contributed by atoms with E-state index in [-0.39, 0.29) is 5.41 Å². The summed E-state index contributed by atoms with van der Waals surface area (Å²) in [5.74, 6) is 0. The average Bonchev–Trinajstić information content (AvgIpc) is 3.16. The second-order valence-electron chi connectivity index (χ2n) is 9.27. The van der Waals surface area contributed by atoms with Gasteiger partial charge in [0.1, 0.15) is 0 Å². The molecule has 158 valence electrons. The van der Waals surface area contributed by atoms with Gasteiger partial charge in [-0.3, -0.25) is 0 Å². The van der Waals surface area contributed by atoms with Crippen LogP contribution < -0.4 is 5.32 Å². The molecule has 0 atom stereocenters. The molecule has 1 N–H and O–H groups in total. The van der Waals surface area contributed by atoms with E-state index in [4.69, 9.17) is 0 Å². The molecule has 32 heavy (non-hydrogen) atoms. The molecule has 1 saturated carbocycles. The van der Waals surface area contributed by atoms with Gasteiger partial charge >= 0.3 is 0 Å². The van der Waals surface area contributed by atoms with Crippen LogP contribution in [0.3, 0.4) is 0 Å². The Morgan fingerprint density at radius 2 is 1.16 bits per heavy atom. The Morgan fingerprint density at radius 3 is 1.84 bits per heavy atom. The molecule has 1 fully saturated rings. The third kappa shape index (κ3) is 2.99. The number of fused-ring (bicyclic) bond motifs is 3. The summed E-state index contributed by atoms with van der Waals surface area (Å²) in [5, 5.41) is 3.88. The van der Waals surface area contributed by atoms with Gasteiger partial charge in [-0.1, -0.05) is 110 Å². The standard InChI is InChI=1S/C31H29N/c1-4-12-23(13-5-1)31(24-14-6-2-7-15-24)29-19-11-10-18-27(29)28-21-20-26(22-30(28)31)32-25-16-8-3-9-17-25/h1-2,4-7,10-15,18-22,25,32H,3,8-9,16-17H2. The SMILES string of the molecule is c1ccc(C2(c3ccccc3)c3ccccc3-c3ccc(NC4CCCCC4)cc32)cc1. The highest BCUT2D eigenvalue weighted by atomic mass is 14.9. The van der Waals surface area contributed by atoms with Gasteiger partial charge in [-0.15, -0.1) is 0 Å². The van der Waals surface area contributed by atoms with Crippen molar-refractivity contribution in [1.82, 2.24) is 0 Å². The van der Waals surface area contributed by atoms with Crippen LogP contribution >= 0.6 is 0 Å². The fourth-order valence-electron chi connectivity index (χ4n) is 6.02. The molecule has 6 rings (SSSR count). The maximum absolute atomic E-state index is 3.88. The molecule has 0 bridgehead atoms. The Balaban J connectivity index is 1.60. The van der Waals surface area contributed by atoms with E-state index in [1.54, 1.807) is 0 Å². The lowest BCUT2D eigenvalue weighted by atomic mass is 9.67. The minimum Gasteiger partial charge on any atom is -0.382 e. The van der Waals surface area contributed by atoms with Gasteiger partial charge in [0, 0.05) is 11.7 Å². The number of benzene rings is 4. The summed E-state index contributed by atoms with van der Waals surface area (Å²) in [6.07, 6.45) is 6.61. The van der Waals surface area contributed by atoms with Gasteiger partial charge in [0.05, 0.1) is 5.41 Å². The van der Waals surface area contributed by atoms with Crippen LogP contribution in [0.15, 0.2) is 103 Å². The zero-order valence-electron chi connectivity index (χ0n) is 18.4. The van der Waals surface area contributed by atoms with Gasteiger partial charge in [-0.05, 0) is 58.4 Å². The zero-order valence-corrected chi connectivity index (χ0v) is 18.4. The first kappa shape index (κ1) is 19.4. The van der Waals surface area contributed by atoms with Crippen molar-refractivity contribution >= 4 is 5.69 Å². The van der Waals surface area contributed by atoms with Gasteiger partial charge in [0.15, 0.2) is 0 Å². The van der Waals surface area contributed by atoms with Crippen molar-refractivity contribution in [1.29, 1.82) is 0 Å². The average molecular weight is 416 g/mol. The molecule has 4 aromatic rings. The Kier molecular flexibility index (Phi) is 4.83. The predicted octanol–water partition coefficient (Wildman–Crippen LogP) is 7.79. The molecule has 0 amide bonds. The van der Waals surface area contributed by atoms with Gasteiger partial charge in [0.2, 0.25) is 0 Å². The number of anilines is 1. The molecule has 4 aromatic carbocycles. The van der Waals surface area contributed by atoms with Crippen LogP contribution in [-0.4, -0.2) is 6.04 Å². The normalized spacial score (nSPS) is 16.9. The minimum atomic E-state index is -0.307. The third-order valence-corrected chi connectivity index (χ3v) is 7.43. The first-order valence-electron chi connectivity index (χ1n) is 12.0. The molecule has 0 aromatic heterocycles. The molecule has 1 heteroatoms. The zero-order chi connectivity index (χ0) is 21.4. The number of hydrogen-bond acceptors (Lipinski definition) is 1. The fourth-order valence-corrected chi connectivity index (χ4v) is 6.02. The second kappa shape index (κ2) is 7.98. The van der Waals surface area contributed by atoms with Gasteiger partial charge < -0.3 is 5.32 Å². The lowest BCUT2D eigenvalue weighted by molar-refractivity contribution is 0.462. The van der Waals surface area contributed by atoms with Crippen molar-refractivity contribution in [2.45, 2.75) is 43.6 Å². The van der Waals surface area contributed by atoms with E-state index in [0.717, 1.165) is 0 Å². The largest absolute Gasteiger partial charge is 0.382 e. The molecular formula is C31H29N. The Hall–Kier alpha value is -3.32. The molecule has 0 saturated heterocycles. The van der Waals surface area contributed by atoms with Crippen LogP contribution in [0, 0.1) is 0 Å². The Labute approximate surface area is 191 Å². The van der Waals surface area contributed by atoms with Crippen molar-refractivity contribution in [3.05, 3.63) is 125 Å². The smallest absolute Gasteiger partial charge is 0.0714 e. The van der Waals surface area contributed by atoms with Crippen molar-refractivity contribution in [3.63, 3.8) is 0 Å².